The molecular formula is C24H31N3O5. The number of ether oxygens (including phenoxy) is 2. The lowest BCUT2D eigenvalue weighted by molar-refractivity contribution is 0.143. The number of aryl methyl sites for hydroxylation is 1. The van der Waals surface area contributed by atoms with E-state index in [4.69, 9.17) is 9.47 Å². The lowest BCUT2D eigenvalue weighted by Gasteiger charge is -2.40. The van der Waals surface area contributed by atoms with Crippen molar-refractivity contribution in [2.75, 3.05) is 44.8 Å². The fourth-order valence-corrected chi connectivity index (χ4v) is 4.74. The smallest absolute Gasteiger partial charge is 0.407 e. The maximum atomic E-state index is 11.6. The Hall–Kier alpha value is -3.00. The Morgan fingerprint density at radius 2 is 2.00 bits per heavy atom. The number of benzene rings is 1. The third-order valence-electron chi connectivity index (χ3n) is 6.70. The minimum Gasteiger partial charge on any atom is -0.493 e. The SMILES string of the molecule is COc1ccc([C@@H]2CN(C(=O)O)C[C@@]2(C)CCO)cc1OC1CN(c2ccc(C)cn2)C1. The Kier molecular flexibility index (Phi) is 6.15. The van der Waals surface area contributed by atoms with Gasteiger partial charge in [-0.2, -0.15) is 0 Å². The van der Waals surface area contributed by atoms with Gasteiger partial charge < -0.3 is 29.5 Å². The summed E-state index contributed by atoms with van der Waals surface area (Å²) in [7, 11) is 1.61. The zero-order valence-corrected chi connectivity index (χ0v) is 18.8. The van der Waals surface area contributed by atoms with Gasteiger partial charge in [0, 0.05) is 31.8 Å². The van der Waals surface area contributed by atoms with Crippen LogP contribution in [0, 0.1) is 12.3 Å². The van der Waals surface area contributed by atoms with Crippen LogP contribution < -0.4 is 14.4 Å². The summed E-state index contributed by atoms with van der Waals surface area (Å²) in [5, 5.41) is 19.1. The van der Waals surface area contributed by atoms with Crippen LogP contribution in [0.1, 0.15) is 30.4 Å². The number of aromatic nitrogens is 1. The average molecular weight is 442 g/mol. The molecule has 1 amide bonds. The summed E-state index contributed by atoms with van der Waals surface area (Å²) in [5.74, 6) is 2.22. The first-order valence-corrected chi connectivity index (χ1v) is 10.9. The number of carbonyl (C=O) groups is 1. The van der Waals surface area contributed by atoms with Crippen LogP contribution in [0.4, 0.5) is 10.6 Å². The van der Waals surface area contributed by atoms with Gasteiger partial charge in [0.1, 0.15) is 11.9 Å². The van der Waals surface area contributed by atoms with Crippen LogP contribution in [-0.2, 0) is 0 Å². The number of rotatable bonds is 7. The molecule has 32 heavy (non-hydrogen) atoms. The summed E-state index contributed by atoms with van der Waals surface area (Å²) < 4.78 is 11.8. The van der Waals surface area contributed by atoms with Crippen molar-refractivity contribution in [1.29, 1.82) is 0 Å². The maximum Gasteiger partial charge on any atom is 0.407 e. The van der Waals surface area contributed by atoms with E-state index >= 15 is 0 Å². The molecule has 1 aromatic carbocycles. The molecule has 4 rings (SSSR count). The second kappa shape index (κ2) is 8.86. The molecule has 8 nitrogen and oxygen atoms in total. The normalized spacial score (nSPS) is 23.2. The third-order valence-corrected chi connectivity index (χ3v) is 6.70. The van der Waals surface area contributed by atoms with E-state index in [0.29, 0.717) is 31.0 Å². The molecule has 3 heterocycles. The quantitative estimate of drug-likeness (QED) is 0.682. The van der Waals surface area contributed by atoms with Crippen molar-refractivity contribution >= 4 is 11.9 Å². The topological polar surface area (TPSA) is 95.4 Å². The number of aliphatic hydroxyl groups excluding tert-OH is 1. The van der Waals surface area contributed by atoms with Crippen LogP contribution in [-0.4, -0.2) is 72.2 Å². The molecule has 2 aliphatic rings. The number of hydrogen-bond acceptors (Lipinski definition) is 6. The van der Waals surface area contributed by atoms with Crippen LogP contribution in [0.25, 0.3) is 0 Å². The van der Waals surface area contributed by atoms with E-state index in [9.17, 15) is 15.0 Å². The van der Waals surface area contributed by atoms with E-state index in [1.165, 1.54) is 4.90 Å². The van der Waals surface area contributed by atoms with Crippen LogP contribution in [0.2, 0.25) is 0 Å². The molecule has 2 N–H and O–H groups in total. The summed E-state index contributed by atoms with van der Waals surface area (Å²) >= 11 is 0. The molecule has 0 spiro atoms. The molecule has 2 aromatic rings. The first kappa shape index (κ1) is 22.2. The highest BCUT2D eigenvalue weighted by atomic mass is 16.5. The Bertz CT molecular complexity index is 961. The first-order chi connectivity index (χ1) is 15.3. The van der Waals surface area contributed by atoms with Gasteiger partial charge in [-0.3, -0.25) is 0 Å². The second-order valence-electron chi connectivity index (χ2n) is 9.09. The fourth-order valence-electron chi connectivity index (χ4n) is 4.74. The number of aliphatic hydroxyl groups is 1. The molecule has 0 radical (unpaired) electrons. The number of carboxylic acid groups (broad SMARTS) is 1. The van der Waals surface area contributed by atoms with Crippen molar-refractivity contribution in [3.8, 4) is 11.5 Å². The van der Waals surface area contributed by atoms with Gasteiger partial charge in [-0.15, -0.1) is 0 Å². The summed E-state index contributed by atoms with van der Waals surface area (Å²) in [6.45, 7) is 6.35. The number of anilines is 1. The van der Waals surface area contributed by atoms with E-state index in [2.05, 4.69) is 16.0 Å². The molecule has 2 aliphatic heterocycles. The predicted octanol–water partition coefficient (Wildman–Crippen LogP) is 3.13. The molecule has 8 heteroatoms. The molecule has 0 bridgehead atoms. The molecule has 2 saturated heterocycles. The molecule has 0 unspecified atom stereocenters. The number of pyridine rings is 1. The van der Waals surface area contributed by atoms with Crippen LogP contribution in [0.15, 0.2) is 36.5 Å². The number of likely N-dealkylation sites (tertiary alicyclic amines) is 1. The van der Waals surface area contributed by atoms with Crippen molar-refractivity contribution in [3.05, 3.63) is 47.7 Å². The Morgan fingerprint density at radius 3 is 2.62 bits per heavy atom. The average Bonchev–Trinajstić information content (AvgIpc) is 3.09. The van der Waals surface area contributed by atoms with Crippen molar-refractivity contribution in [1.82, 2.24) is 9.88 Å². The molecular weight excluding hydrogens is 410 g/mol. The highest BCUT2D eigenvalue weighted by molar-refractivity contribution is 5.66. The van der Waals surface area contributed by atoms with Gasteiger partial charge in [0.25, 0.3) is 0 Å². The van der Waals surface area contributed by atoms with Gasteiger partial charge in [-0.25, -0.2) is 9.78 Å². The molecule has 2 fully saturated rings. The monoisotopic (exact) mass is 441 g/mol. The summed E-state index contributed by atoms with van der Waals surface area (Å²) in [6, 6.07) is 9.89. The van der Waals surface area contributed by atoms with Crippen molar-refractivity contribution in [2.24, 2.45) is 5.41 Å². The van der Waals surface area contributed by atoms with Crippen molar-refractivity contribution in [3.63, 3.8) is 0 Å². The van der Waals surface area contributed by atoms with Gasteiger partial charge in [-0.1, -0.05) is 19.1 Å². The van der Waals surface area contributed by atoms with Gasteiger partial charge >= 0.3 is 6.09 Å². The van der Waals surface area contributed by atoms with Crippen LogP contribution >= 0.6 is 0 Å². The minimum atomic E-state index is -0.930. The van der Waals surface area contributed by atoms with Crippen molar-refractivity contribution in [2.45, 2.75) is 32.3 Å². The zero-order chi connectivity index (χ0) is 22.9. The second-order valence-corrected chi connectivity index (χ2v) is 9.09. The van der Waals surface area contributed by atoms with E-state index in [1.807, 2.05) is 44.3 Å². The molecule has 2 atom stereocenters. The van der Waals surface area contributed by atoms with E-state index < -0.39 is 6.09 Å². The lowest BCUT2D eigenvalue weighted by atomic mass is 9.74. The Balaban J connectivity index is 1.50. The minimum absolute atomic E-state index is 0.0187. The van der Waals surface area contributed by atoms with E-state index in [0.717, 1.165) is 30.0 Å². The molecule has 0 aliphatic carbocycles. The summed E-state index contributed by atoms with van der Waals surface area (Å²) in [4.78, 5) is 19.7. The van der Waals surface area contributed by atoms with Gasteiger partial charge in [0.05, 0.1) is 20.2 Å². The highest BCUT2D eigenvalue weighted by Gasteiger charge is 2.45. The number of nitrogens with zero attached hydrogens (tertiary/aromatic N) is 3. The summed E-state index contributed by atoms with van der Waals surface area (Å²) in [5.41, 5.74) is 1.78. The Morgan fingerprint density at radius 1 is 1.22 bits per heavy atom. The zero-order valence-electron chi connectivity index (χ0n) is 18.8. The maximum absolute atomic E-state index is 11.6. The number of hydrogen-bond donors (Lipinski definition) is 2. The Labute approximate surface area is 188 Å². The van der Waals surface area contributed by atoms with E-state index in [1.54, 1.807) is 7.11 Å². The van der Waals surface area contributed by atoms with Crippen LogP contribution in [0.3, 0.4) is 0 Å². The lowest BCUT2D eigenvalue weighted by Crippen LogP contribution is -2.54. The summed E-state index contributed by atoms with van der Waals surface area (Å²) in [6.07, 6.45) is 1.48. The molecule has 172 valence electrons. The third kappa shape index (κ3) is 4.32. The predicted molar refractivity (Wildman–Crippen MR) is 121 cm³/mol. The van der Waals surface area contributed by atoms with Crippen molar-refractivity contribution < 1.29 is 24.5 Å². The highest BCUT2D eigenvalue weighted by Crippen LogP contribution is 2.46. The first-order valence-electron chi connectivity index (χ1n) is 10.9. The van der Waals surface area contributed by atoms with Crippen LogP contribution in [0.5, 0.6) is 11.5 Å². The molecule has 0 saturated carbocycles. The van der Waals surface area contributed by atoms with Gasteiger partial charge in [-0.05, 0) is 48.1 Å². The van der Waals surface area contributed by atoms with Gasteiger partial charge in [0.15, 0.2) is 11.5 Å². The number of amides is 1. The van der Waals surface area contributed by atoms with Gasteiger partial charge in [0.2, 0.25) is 0 Å². The number of methoxy groups -OCH3 is 1. The largest absolute Gasteiger partial charge is 0.493 e. The fraction of sp³-hybridized carbons (Fsp3) is 0.500. The molecule has 1 aromatic heterocycles. The van der Waals surface area contributed by atoms with E-state index in [-0.39, 0.29) is 24.0 Å². The standard InChI is InChI=1S/C24H31N3O5/c1-16-4-7-22(25-11-16)26-12-18(13-26)32-21-10-17(5-6-20(21)31-3)19-14-27(23(29)30)15-24(19,2)8-9-28/h4-7,10-11,18-19,28H,8-9,12-15H2,1-3H3,(H,29,30)/t19-,24+/m0/s1.